The molecule has 3 aromatic heterocycles. The second-order valence-corrected chi connectivity index (χ2v) is 7.10. The molecule has 4 heterocycles. The largest absolute Gasteiger partial charge is 0.479 e. The van der Waals surface area contributed by atoms with Crippen molar-refractivity contribution in [1.29, 1.82) is 0 Å². The second-order valence-electron chi connectivity index (χ2n) is 7.10. The number of anilines is 1. The van der Waals surface area contributed by atoms with Crippen molar-refractivity contribution in [3.8, 4) is 17.6 Å². The van der Waals surface area contributed by atoms with Gasteiger partial charge in [0.1, 0.15) is 17.8 Å². The predicted molar refractivity (Wildman–Crippen MR) is 94.2 cm³/mol. The highest BCUT2D eigenvalue weighted by Gasteiger charge is 2.67. The lowest BCUT2D eigenvalue weighted by Crippen LogP contribution is -2.28. The number of fused-ring (bicyclic) bond motifs is 1. The van der Waals surface area contributed by atoms with Crippen LogP contribution in [0.15, 0.2) is 18.7 Å². The number of alkyl halides is 2. The summed E-state index contributed by atoms with van der Waals surface area (Å²) in [7, 11) is 2.93. The van der Waals surface area contributed by atoms with Gasteiger partial charge < -0.3 is 14.4 Å². The van der Waals surface area contributed by atoms with Crippen molar-refractivity contribution >= 4 is 16.9 Å². The van der Waals surface area contributed by atoms with Crippen molar-refractivity contribution in [2.24, 2.45) is 5.41 Å². The van der Waals surface area contributed by atoms with Crippen molar-refractivity contribution in [3.05, 3.63) is 18.7 Å². The molecule has 1 aliphatic carbocycles. The highest BCUT2D eigenvalue weighted by atomic mass is 19.3. The summed E-state index contributed by atoms with van der Waals surface area (Å²) in [6.45, 7) is -0.0640. The molecule has 0 amide bonds. The number of hydrogen-bond donors (Lipinski definition) is 0. The lowest BCUT2D eigenvalue weighted by molar-refractivity contribution is -0.0334. The van der Waals surface area contributed by atoms with Crippen LogP contribution in [0.25, 0.3) is 16.7 Å². The highest BCUT2D eigenvalue weighted by molar-refractivity contribution is 5.87. The molecule has 1 saturated carbocycles. The van der Waals surface area contributed by atoms with Gasteiger partial charge in [-0.1, -0.05) is 0 Å². The number of rotatable bonds is 4. The minimum atomic E-state index is -2.71. The van der Waals surface area contributed by atoms with Gasteiger partial charge in [0.2, 0.25) is 5.88 Å². The van der Waals surface area contributed by atoms with E-state index in [9.17, 15) is 8.78 Å². The molecule has 0 radical (unpaired) electrons. The van der Waals surface area contributed by atoms with Gasteiger partial charge >= 0.3 is 6.01 Å². The number of halogens is 2. The number of hydrogen-bond acceptors (Lipinski definition) is 8. The SMILES string of the molecule is COc1ncc(-n2cc3c(N4CC(F)(F)C5(CC5)C4)ncnc3n2)c(OC)n1. The first-order valence-corrected chi connectivity index (χ1v) is 8.75. The van der Waals surface area contributed by atoms with Crippen molar-refractivity contribution < 1.29 is 18.3 Å². The Kier molecular flexibility index (Phi) is 3.46. The molecule has 11 heteroatoms. The van der Waals surface area contributed by atoms with E-state index in [1.807, 2.05) is 0 Å². The first kappa shape index (κ1) is 17.0. The van der Waals surface area contributed by atoms with Gasteiger partial charge in [-0.3, -0.25) is 0 Å². The fraction of sp³-hybridized carbons (Fsp3) is 0.471. The molecule has 0 atom stereocenters. The molecule has 3 aromatic rings. The van der Waals surface area contributed by atoms with Gasteiger partial charge in [0, 0.05) is 12.7 Å². The summed E-state index contributed by atoms with van der Waals surface area (Å²) < 4.78 is 40.6. The zero-order chi connectivity index (χ0) is 19.5. The van der Waals surface area contributed by atoms with Crippen LogP contribution in [0.2, 0.25) is 0 Å². The molecule has 2 aliphatic rings. The van der Waals surface area contributed by atoms with Crippen LogP contribution in [-0.2, 0) is 0 Å². The van der Waals surface area contributed by atoms with Crippen molar-refractivity contribution in [1.82, 2.24) is 29.7 Å². The van der Waals surface area contributed by atoms with Gasteiger partial charge in [-0.25, -0.2) is 28.4 Å². The van der Waals surface area contributed by atoms with E-state index >= 15 is 0 Å². The Bertz CT molecular complexity index is 1060. The lowest BCUT2D eigenvalue weighted by Gasteiger charge is -2.16. The van der Waals surface area contributed by atoms with E-state index in [2.05, 4.69) is 25.0 Å². The Morgan fingerprint density at radius 2 is 1.89 bits per heavy atom. The molecule has 0 unspecified atom stereocenters. The van der Waals surface area contributed by atoms with Crippen LogP contribution in [-0.4, -0.2) is 62.9 Å². The zero-order valence-electron chi connectivity index (χ0n) is 15.3. The van der Waals surface area contributed by atoms with Crippen LogP contribution in [0.4, 0.5) is 14.6 Å². The van der Waals surface area contributed by atoms with Gasteiger partial charge in [-0.15, -0.1) is 5.10 Å². The number of aromatic nitrogens is 6. The summed E-state index contributed by atoms with van der Waals surface area (Å²) in [6.07, 6.45) is 5.61. The molecule has 0 aromatic carbocycles. The van der Waals surface area contributed by atoms with Gasteiger partial charge in [0.05, 0.1) is 37.8 Å². The molecule has 1 aliphatic heterocycles. The second kappa shape index (κ2) is 5.69. The number of methoxy groups -OCH3 is 2. The first-order chi connectivity index (χ1) is 13.5. The Labute approximate surface area is 158 Å². The summed E-state index contributed by atoms with van der Waals surface area (Å²) in [5.41, 5.74) is -0.0477. The van der Waals surface area contributed by atoms with Crippen LogP contribution < -0.4 is 14.4 Å². The minimum Gasteiger partial charge on any atom is -0.479 e. The lowest BCUT2D eigenvalue weighted by atomic mass is 10.0. The quantitative estimate of drug-likeness (QED) is 0.668. The third-order valence-corrected chi connectivity index (χ3v) is 5.44. The monoisotopic (exact) mass is 389 g/mol. The molecule has 0 bridgehead atoms. The van der Waals surface area contributed by atoms with E-state index in [1.165, 1.54) is 31.4 Å². The molecule has 1 spiro atoms. The smallest absolute Gasteiger partial charge is 0.319 e. The van der Waals surface area contributed by atoms with E-state index < -0.39 is 11.3 Å². The first-order valence-electron chi connectivity index (χ1n) is 8.75. The summed E-state index contributed by atoms with van der Waals surface area (Å²) in [6, 6.07) is 0.159. The van der Waals surface area contributed by atoms with E-state index in [4.69, 9.17) is 9.47 Å². The molecular formula is C17H17F2N7O2. The van der Waals surface area contributed by atoms with Gasteiger partial charge in [0.15, 0.2) is 5.65 Å². The third kappa shape index (κ3) is 2.38. The van der Waals surface area contributed by atoms with E-state index in [1.54, 1.807) is 11.1 Å². The molecular weight excluding hydrogens is 372 g/mol. The predicted octanol–water partition coefficient (Wildman–Crippen LogP) is 1.86. The number of nitrogens with zero attached hydrogens (tertiary/aromatic N) is 7. The molecule has 2 fully saturated rings. The Hall–Kier alpha value is -3.11. The van der Waals surface area contributed by atoms with Crippen LogP contribution in [0.5, 0.6) is 11.9 Å². The molecule has 1 saturated heterocycles. The molecule has 28 heavy (non-hydrogen) atoms. The average Bonchev–Trinajstić information content (AvgIpc) is 3.28. The Balaban J connectivity index is 1.57. The van der Waals surface area contributed by atoms with Crippen molar-refractivity contribution in [2.75, 3.05) is 32.2 Å². The van der Waals surface area contributed by atoms with E-state index in [-0.39, 0.29) is 25.0 Å². The molecule has 146 valence electrons. The normalized spacial score (nSPS) is 19.4. The third-order valence-electron chi connectivity index (χ3n) is 5.44. The van der Waals surface area contributed by atoms with Crippen LogP contribution in [0.1, 0.15) is 12.8 Å². The van der Waals surface area contributed by atoms with Gasteiger partial charge in [-0.05, 0) is 12.8 Å². The highest BCUT2D eigenvalue weighted by Crippen LogP contribution is 2.61. The Morgan fingerprint density at radius 3 is 2.57 bits per heavy atom. The van der Waals surface area contributed by atoms with Crippen LogP contribution in [0, 0.1) is 5.41 Å². The van der Waals surface area contributed by atoms with E-state index in [0.717, 1.165) is 0 Å². The maximum Gasteiger partial charge on any atom is 0.319 e. The standard InChI is InChI=1S/C17H17F2N7O2/c1-27-14-11(5-20-15(23-14)28-2)26-6-10-12(24-26)21-9-22-13(10)25-7-16(3-4-16)17(18,19)8-25/h5-6,9H,3-4,7-8H2,1-2H3. The molecule has 5 rings (SSSR count). The van der Waals surface area contributed by atoms with E-state index in [0.29, 0.717) is 35.4 Å². The maximum atomic E-state index is 14.4. The summed E-state index contributed by atoms with van der Waals surface area (Å²) >= 11 is 0. The summed E-state index contributed by atoms with van der Waals surface area (Å²) in [5.74, 6) is -2.00. The summed E-state index contributed by atoms with van der Waals surface area (Å²) in [4.78, 5) is 18.3. The van der Waals surface area contributed by atoms with Crippen LogP contribution in [0.3, 0.4) is 0 Å². The average molecular weight is 389 g/mol. The Morgan fingerprint density at radius 1 is 1.07 bits per heavy atom. The molecule has 0 N–H and O–H groups in total. The topological polar surface area (TPSA) is 91.1 Å². The molecule has 9 nitrogen and oxygen atoms in total. The van der Waals surface area contributed by atoms with Crippen molar-refractivity contribution in [3.63, 3.8) is 0 Å². The fourth-order valence-corrected chi connectivity index (χ4v) is 3.72. The fourth-order valence-electron chi connectivity index (χ4n) is 3.72. The number of ether oxygens (including phenoxy) is 2. The zero-order valence-corrected chi connectivity index (χ0v) is 15.3. The summed E-state index contributed by atoms with van der Waals surface area (Å²) in [5, 5.41) is 5.00. The van der Waals surface area contributed by atoms with Gasteiger partial charge in [0.25, 0.3) is 5.92 Å². The van der Waals surface area contributed by atoms with Crippen LogP contribution >= 0.6 is 0 Å². The maximum absolute atomic E-state index is 14.4. The van der Waals surface area contributed by atoms with Gasteiger partial charge in [-0.2, -0.15) is 4.98 Å². The van der Waals surface area contributed by atoms with Crippen molar-refractivity contribution in [2.45, 2.75) is 18.8 Å². The minimum absolute atomic E-state index is 0.159.